The first-order valence-electron chi connectivity index (χ1n) is 8.73. The van der Waals surface area contributed by atoms with Gasteiger partial charge in [-0.25, -0.2) is 0 Å². The Morgan fingerprint density at radius 2 is 1.77 bits per heavy atom. The van der Waals surface area contributed by atoms with Crippen molar-refractivity contribution in [3.63, 3.8) is 0 Å². The molecule has 0 aromatic heterocycles. The lowest BCUT2D eigenvalue weighted by Crippen LogP contribution is -2.37. The molecule has 2 aromatic carbocycles. The van der Waals surface area contributed by atoms with E-state index in [2.05, 4.69) is 5.32 Å². The molecule has 138 valence electrons. The van der Waals surface area contributed by atoms with Crippen LogP contribution in [0.4, 0.5) is 5.69 Å². The Labute approximate surface area is 160 Å². The molecule has 1 N–H and O–H groups in total. The van der Waals surface area contributed by atoms with Gasteiger partial charge in [0, 0.05) is 18.3 Å². The lowest BCUT2D eigenvalue weighted by molar-refractivity contribution is -0.130. The van der Waals surface area contributed by atoms with Crippen molar-refractivity contribution < 1.29 is 9.59 Å². The summed E-state index contributed by atoms with van der Waals surface area (Å²) in [6.45, 7) is 6.59. The number of benzene rings is 2. The summed E-state index contributed by atoms with van der Waals surface area (Å²) in [6.07, 6.45) is 0. The van der Waals surface area contributed by atoms with Gasteiger partial charge in [-0.3, -0.25) is 9.59 Å². The maximum Gasteiger partial charge on any atom is 0.234 e. The van der Waals surface area contributed by atoms with Crippen LogP contribution in [0.15, 0.2) is 54.6 Å². The minimum Gasteiger partial charge on any atom is -0.335 e. The van der Waals surface area contributed by atoms with Crippen LogP contribution in [-0.2, 0) is 16.1 Å². The Balaban J connectivity index is 1.81. The van der Waals surface area contributed by atoms with Gasteiger partial charge in [-0.15, -0.1) is 11.8 Å². The van der Waals surface area contributed by atoms with E-state index in [4.69, 9.17) is 0 Å². The van der Waals surface area contributed by atoms with Crippen molar-refractivity contribution >= 4 is 29.3 Å². The van der Waals surface area contributed by atoms with E-state index in [1.54, 1.807) is 0 Å². The van der Waals surface area contributed by atoms with Crippen molar-refractivity contribution in [2.75, 3.05) is 16.8 Å². The largest absolute Gasteiger partial charge is 0.335 e. The SMILES string of the molecule is Cc1cccc(NC(=O)CSCC(=O)N(Cc2ccccc2)C(C)C)c1. The number of aryl methyl sites for hydroxylation is 1. The van der Waals surface area contributed by atoms with Crippen LogP contribution in [0.2, 0.25) is 0 Å². The summed E-state index contributed by atoms with van der Waals surface area (Å²) in [4.78, 5) is 26.4. The van der Waals surface area contributed by atoms with Crippen LogP contribution >= 0.6 is 11.8 Å². The summed E-state index contributed by atoms with van der Waals surface area (Å²) in [5.74, 6) is 0.521. The molecule has 0 aliphatic rings. The molecule has 0 fully saturated rings. The predicted molar refractivity (Wildman–Crippen MR) is 109 cm³/mol. The van der Waals surface area contributed by atoms with Crippen molar-refractivity contribution in [3.8, 4) is 0 Å². The predicted octanol–water partition coefficient (Wildman–Crippen LogP) is 4.10. The lowest BCUT2D eigenvalue weighted by atomic mass is 10.2. The summed E-state index contributed by atoms with van der Waals surface area (Å²) < 4.78 is 0. The van der Waals surface area contributed by atoms with Gasteiger partial charge in [0.05, 0.1) is 11.5 Å². The average Bonchev–Trinajstić information content (AvgIpc) is 2.60. The maximum absolute atomic E-state index is 12.5. The maximum atomic E-state index is 12.5. The van der Waals surface area contributed by atoms with E-state index in [1.165, 1.54) is 11.8 Å². The van der Waals surface area contributed by atoms with E-state index in [1.807, 2.05) is 80.3 Å². The average molecular weight is 371 g/mol. The van der Waals surface area contributed by atoms with Gasteiger partial charge in [0.2, 0.25) is 11.8 Å². The fourth-order valence-corrected chi connectivity index (χ4v) is 3.27. The molecule has 26 heavy (non-hydrogen) atoms. The third kappa shape index (κ3) is 6.56. The van der Waals surface area contributed by atoms with Crippen molar-refractivity contribution in [1.82, 2.24) is 4.90 Å². The lowest BCUT2D eigenvalue weighted by Gasteiger charge is -2.27. The first kappa shape index (κ1) is 20.0. The van der Waals surface area contributed by atoms with Crippen LogP contribution in [0.5, 0.6) is 0 Å². The van der Waals surface area contributed by atoms with Gasteiger partial charge in [0.15, 0.2) is 0 Å². The molecule has 0 aliphatic carbocycles. The van der Waals surface area contributed by atoms with Crippen molar-refractivity contribution in [2.24, 2.45) is 0 Å². The number of rotatable bonds is 8. The standard InChI is InChI=1S/C21H26N2O2S/c1-16(2)23(13-18-9-5-4-6-10-18)21(25)15-26-14-20(24)22-19-11-7-8-17(3)12-19/h4-12,16H,13-15H2,1-3H3,(H,22,24). The number of carbonyl (C=O) groups excluding carboxylic acids is 2. The van der Waals surface area contributed by atoms with Crippen molar-refractivity contribution in [2.45, 2.75) is 33.4 Å². The van der Waals surface area contributed by atoms with Gasteiger partial charge < -0.3 is 10.2 Å². The quantitative estimate of drug-likeness (QED) is 0.761. The van der Waals surface area contributed by atoms with Crippen LogP contribution in [0, 0.1) is 6.92 Å². The van der Waals surface area contributed by atoms with E-state index in [-0.39, 0.29) is 23.6 Å². The molecule has 0 bridgehead atoms. The third-order valence-electron chi connectivity index (χ3n) is 3.90. The number of hydrogen-bond donors (Lipinski definition) is 1. The molecule has 0 radical (unpaired) electrons. The monoisotopic (exact) mass is 370 g/mol. The van der Waals surface area contributed by atoms with E-state index in [0.29, 0.717) is 12.3 Å². The van der Waals surface area contributed by atoms with E-state index in [9.17, 15) is 9.59 Å². The summed E-state index contributed by atoms with van der Waals surface area (Å²) in [6, 6.07) is 17.7. The molecule has 0 atom stereocenters. The fourth-order valence-electron chi connectivity index (χ4n) is 2.57. The Kier molecular flexibility index (Phi) is 7.73. The Bertz CT molecular complexity index is 732. The number of hydrogen-bond acceptors (Lipinski definition) is 3. The number of amides is 2. The number of carbonyl (C=O) groups is 2. The molecule has 0 aliphatic heterocycles. The highest BCUT2D eigenvalue weighted by Gasteiger charge is 2.17. The highest BCUT2D eigenvalue weighted by Crippen LogP contribution is 2.13. The van der Waals surface area contributed by atoms with Crippen LogP contribution < -0.4 is 5.32 Å². The summed E-state index contributed by atoms with van der Waals surface area (Å²) in [5.41, 5.74) is 2.99. The Morgan fingerprint density at radius 1 is 1.04 bits per heavy atom. The van der Waals surface area contributed by atoms with E-state index in [0.717, 1.165) is 16.8 Å². The molecule has 5 heteroatoms. The zero-order chi connectivity index (χ0) is 18.9. The minimum absolute atomic E-state index is 0.0530. The first-order valence-corrected chi connectivity index (χ1v) is 9.89. The third-order valence-corrected chi connectivity index (χ3v) is 4.82. The second kappa shape index (κ2) is 10.0. The van der Waals surface area contributed by atoms with Crippen molar-refractivity contribution in [1.29, 1.82) is 0 Å². The zero-order valence-corrected chi connectivity index (χ0v) is 16.4. The molecular formula is C21H26N2O2S. The first-order chi connectivity index (χ1) is 12.5. The molecule has 2 rings (SSSR count). The number of nitrogens with zero attached hydrogens (tertiary/aromatic N) is 1. The fraction of sp³-hybridized carbons (Fsp3) is 0.333. The van der Waals surface area contributed by atoms with E-state index >= 15 is 0 Å². The van der Waals surface area contributed by atoms with Crippen LogP contribution in [-0.4, -0.2) is 34.3 Å². The molecule has 0 saturated carbocycles. The molecule has 0 spiro atoms. The molecule has 0 saturated heterocycles. The second-order valence-corrected chi connectivity index (χ2v) is 7.50. The molecular weight excluding hydrogens is 344 g/mol. The zero-order valence-electron chi connectivity index (χ0n) is 15.6. The second-order valence-electron chi connectivity index (χ2n) is 6.51. The molecule has 2 aromatic rings. The van der Waals surface area contributed by atoms with Gasteiger partial charge in [0.25, 0.3) is 0 Å². The summed E-state index contributed by atoms with van der Waals surface area (Å²) in [7, 11) is 0. The Hall–Kier alpha value is -2.27. The normalized spacial score (nSPS) is 10.6. The number of anilines is 1. The summed E-state index contributed by atoms with van der Waals surface area (Å²) >= 11 is 1.35. The van der Waals surface area contributed by atoms with Crippen LogP contribution in [0.3, 0.4) is 0 Å². The van der Waals surface area contributed by atoms with E-state index < -0.39 is 0 Å². The van der Waals surface area contributed by atoms with Gasteiger partial charge in [-0.05, 0) is 44.0 Å². The van der Waals surface area contributed by atoms with Gasteiger partial charge >= 0.3 is 0 Å². The van der Waals surface area contributed by atoms with Crippen LogP contribution in [0.25, 0.3) is 0 Å². The van der Waals surface area contributed by atoms with Gasteiger partial charge in [-0.2, -0.15) is 0 Å². The van der Waals surface area contributed by atoms with Gasteiger partial charge in [-0.1, -0.05) is 42.5 Å². The minimum atomic E-state index is -0.0902. The highest BCUT2D eigenvalue weighted by atomic mass is 32.2. The molecule has 2 amide bonds. The van der Waals surface area contributed by atoms with Crippen LogP contribution in [0.1, 0.15) is 25.0 Å². The number of thioether (sulfide) groups is 1. The molecule has 0 unspecified atom stereocenters. The van der Waals surface area contributed by atoms with Gasteiger partial charge in [0.1, 0.15) is 0 Å². The molecule has 4 nitrogen and oxygen atoms in total. The number of nitrogens with one attached hydrogen (secondary N) is 1. The smallest absolute Gasteiger partial charge is 0.234 e. The highest BCUT2D eigenvalue weighted by molar-refractivity contribution is 8.00. The topological polar surface area (TPSA) is 49.4 Å². The summed E-state index contributed by atoms with van der Waals surface area (Å²) in [5, 5.41) is 2.86. The molecule has 0 heterocycles. The Morgan fingerprint density at radius 3 is 2.42 bits per heavy atom. The van der Waals surface area contributed by atoms with Crippen molar-refractivity contribution in [3.05, 3.63) is 65.7 Å².